The Hall–Kier alpha value is -2.11. The molecule has 6 heteroatoms. The van der Waals surface area contributed by atoms with Gasteiger partial charge >= 0.3 is 6.09 Å². The van der Waals surface area contributed by atoms with Gasteiger partial charge in [0.05, 0.1) is 18.4 Å². The molecule has 0 saturated carbocycles. The first-order valence-corrected chi connectivity index (χ1v) is 7.57. The molecule has 1 fully saturated rings. The van der Waals surface area contributed by atoms with E-state index in [0.717, 1.165) is 24.0 Å². The number of ether oxygens (including phenoxy) is 1. The number of anilines is 1. The lowest BCUT2D eigenvalue weighted by Crippen LogP contribution is -2.24. The summed E-state index contributed by atoms with van der Waals surface area (Å²) in [6.45, 7) is 2.79. The van der Waals surface area contributed by atoms with Crippen LogP contribution in [0.3, 0.4) is 0 Å². The van der Waals surface area contributed by atoms with Crippen LogP contribution in [0.5, 0.6) is 0 Å². The Kier molecular flexibility index (Phi) is 4.03. The third-order valence-electron chi connectivity index (χ3n) is 3.83. The second-order valence-electron chi connectivity index (χ2n) is 5.39. The smallest absolute Gasteiger partial charge is 0.414 e. The van der Waals surface area contributed by atoms with Gasteiger partial charge in [-0.05, 0) is 25.0 Å². The van der Waals surface area contributed by atoms with Crippen LogP contribution in [-0.4, -0.2) is 33.6 Å². The van der Waals surface area contributed by atoms with E-state index >= 15 is 0 Å². The van der Waals surface area contributed by atoms with E-state index in [1.54, 1.807) is 17.3 Å². The van der Waals surface area contributed by atoms with Gasteiger partial charge < -0.3 is 4.74 Å². The van der Waals surface area contributed by atoms with Gasteiger partial charge in [-0.1, -0.05) is 26.2 Å². The number of aromatic nitrogens is 3. The van der Waals surface area contributed by atoms with Crippen LogP contribution in [-0.2, 0) is 4.74 Å². The Morgan fingerprint density at radius 3 is 3.10 bits per heavy atom. The molecule has 1 unspecified atom stereocenters. The molecule has 0 radical (unpaired) electrons. The molecule has 6 nitrogen and oxygen atoms in total. The lowest BCUT2D eigenvalue weighted by Gasteiger charge is -2.10. The summed E-state index contributed by atoms with van der Waals surface area (Å²) in [5.74, 6) is 0. The lowest BCUT2D eigenvalue weighted by atomic mass is 10.1. The van der Waals surface area contributed by atoms with Crippen LogP contribution in [0.4, 0.5) is 10.5 Å². The third-order valence-corrected chi connectivity index (χ3v) is 3.83. The number of hydrogen-bond donors (Lipinski definition) is 0. The van der Waals surface area contributed by atoms with Gasteiger partial charge in [0.2, 0.25) is 0 Å². The number of rotatable bonds is 6. The molecule has 1 saturated heterocycles. The summed E-state index contributed by atoms with van der Waals surface area (Å²) in [5.41, 5.74) is 1.59. The number of fused-ring (bicyclic) bond motifs is 1. The van der Waals surface area contributed by atoms with Crippen LogP contribution in [0.15, 0.2) is 24.5 Å². The first-order chi connectivity index (χ1) is 10.3. The fourth-order valence-electron chi connectivity index (χ4n) is 2.70. The van der Waals surface area contributed by atoms with E-state index in [-0.39, 0.29) is 12.2 Å². The number of unbranched alkanes of at least 4 members (excludes halogenated alkanes) is 3. The van der Waals surface area contributed by atoms with Gasteiger partial charge in [-0.3, -0.25) is 4.90 Å². The Balaban J connectivity index is 1.68. The molecule has 0 bridgehead atoms. The molecule has 1 aliphatic rings. The number of nitrogens with zero attached hydrogens (tertiary/aromatic N) is 4. The summed E-state index contributed by atoms with van der Waals surface area (Å²) < 4.78 is 6.98. The highest BCUT2D eigenvalue weighted by molar-refractivity contribution is 5.94. The Morgan fingerprint density at radius 2 is 2.24 bits per heavy atom. The van der Waals surface area contributed by atoms with Crippen molar-refractivity contribution in [2.24, 2.45) is 0 Å². The molecule has 0 N–H and O–H groups in total. The molecular formula is C15H20N4O2. The summed E-state index contributed by atoms with van der Waals surface area (Å²) >= 11 is 0. The fourth-order valence-corrected chi connectivity index (χ4v) is 2.70. The van der Waals surface area contributed by atoms with Gasteiger partial charge in [0.25, 0.3) is 0 Å². The van der Waals surface area contributed by atoms with E-state index in [9.17, 15) is 4.79 Å². The second kappa shape index (κ2) is 6.11. The van der Waals surface area contributed by atoms with E-state index in [1.165, 1.54) is 23.9 Å². The summed E-state index contributed by atoms with van der Waals surface area (Å²) in [5, 5.41) is 8.28. The normalized spacial score (nSPS) is 18.4. The van der Waals surface area contributed by atoms with Gasteiger partial charge in [0.15, 0.2) is 0 Å². The lowest BCUT2D eigenvalue weighted by molar-refractivity contribution is 0.135. The van der Waals surface area contributed by atoms with E-state index in [4.69, 9.17) is 4.74 Å². The largest absolute Gasteiger partial charge is 0.444 e. The summed E-state index contributed by atoms with van der Waals surface area (Å²) in [6, 6.07) is 3.74. The maximum absolute atomic E-state index is 12.1. The minimum Gasteiger partial charge on any atom is -0.444 e. The third kappa shape index (κ3) is 2.84. The molecule has 112 valence electrons. The monoisotopic (exact) mass is 288 g/mol. The maximum atomic E-state index is 12.1. The van der Waals surface area contributed by atoms with Gasteiger partial charge in [-0.15, -0.1) is 4.63 Å². The van der Waals surface area contributed by atoms with Crippen molar-refractivity contribution in [1.29, 1.82) is 0 Å². The molecule has 3 rings (SSSR count). The summed E-state index contributed by atoms with van der Waals surface area (Å²) in [7, 11) is 0. The van der Waals surface area contributed by atoms with Crippen molar-refractivity contribution in [1.82, 2.24) is 14.8 Å². The maximum Gasteiger partial charge on any atom is 0.414 e. The minimum atomic E-state index is -0.283. The zero-order valence-corrected chi connectivity index (χ0v) is 12.2. The average Bonchev–Trinajstić information content (AvgIpc) is 3.07. The van der Waals surface area contributed by atoms with Gasteiger partial charge in [-0.2, -0.15) is 10.2 Å². The number of hydrogen-bond acceptors (Lipinski definition) is 4. The topological polar surface area (TPSA) is 59.7 Å². The zero-order valence-electron chi connectivity index (χ0n) is 12.2. The van der Waals surface area contributed by atoms with E-state index in [2.05, 4.69) is 17.1 Å². The Morgan fingerprint density at radius 1 is 1.33 bits per heavy atom. The first kappa shape index (κ1) is 13.9. The molecule has 0 aromatic carbocycles. The Bertz CT molecular complexity index is 625. The molecular weight excluding hydrogens is 268 g/mol. The average molecular weight is 288 g/mol. The highest BCUT2D eigenvalue weighted by atomic mass is 16.6. The van der Waals surface area contributed by atoms with Crippen molar-refractivity contribution in [3.8, 4) is 0 Å². The molecule has 0 spiro atoms. The van der Waals surface area contributed by atoms with Crippen molar-refractivity contribution >= 4 is 17.3 Å². The van der Waals surface area contributed by atoms with Crippen molar-refractivity contribution < 1.29 is 9.53 Å². The fraction of sp³-hybridized carbons (Fsp3) is 0.533. The van der Waals surface area contributed by atoms with Gasteiger partial charge in [-0.25, -0.2) is 4.79 Å². The number of carbonyl (C=O) groups is 1. The quantitative estimate of drug-likeness (QED) is 0.767. The van der Waals surface area contributed by atoms with Crippen LogP contribution in [0.25, 0.3) is 5.52 Å². The summed E-state index contributed by atoms with van der Waals surface area (Å²) in [4.78, 5) is 13.7. The second-order valence-corrected chi connectivity index (χ2v) is 5.39. The zero-order chi connectivity index (χ0) is 14.7. The van der Waals surface area contributed by atoms with Crippen molar-refractivity contribution in [3.05, 3.63) is 24.5 Å². The van der Waals surface area contributed by atoms with Crippen LogP contribution in [0.2, 0.25) is 0 Å². The molecule has 3 heterocycles. The van der Waals surface area contributed by atoms with Gasteiger partial charge in [0.1, 0.15) is 11.6 Å². The number of carbonyl (C=O) groups excluding carboxylic acids is 1. The molecule has 1 aliphatic heterocycles. The predicted octanol–water partition coefficient (Wildman–Crippen LogP) is 3.02. The van der Waals surface area contributed by atoms with Crippen LogP contribution < -0.4 is 4.90 Å². The molecule has 21 heavy (non-hydrogen) atoms. The number of cyclic esters (lactones) is 1. The predicted molar refractivity (Wildman–Crippen MR) is 79.4 cm³/mol. The first-order valence-electron chi connectivity index (χ1n) is 7.57. The van der Waals surface area contributed by atoms with Crippen molar-refractivity contribution in [2.45, 2.75) is 45.1 Å². The molecule has 0 aliphatic carbocycles. The highest BCUT2D eigenvalue weighted by Crippen LogP contribution is 2.27. The van der Waals surface area contributed by atoms with Crippen LogP contribution in [0, 0.1) is 0 Å². The summed E-state index contributed by atoms with van der Waals surface area (Å²) in [6.07, 6.45) is 8.73. The number of amides is 1. The minimum absolute atomic E-state index is 0.0130. The highest BCUT2D eigenvalue weighted by Gasteiger charge is 2.33. The van der Waals surface area contributed by atoms with E-state index in [0.29, 0.717) is 6.54 Å². The van der Waals surface area contributed by atoms with Gasteiger partial charge in [0, 0.05) is 6.20 Å². The van der Waals surface area contributed by atoms with Crippen LogP contribution >= 0.6 is 0 Å². The van der Waals surface area contributed by atoms with Crippen molar-refractivity contribution in [2.75, 3.05) is 11.4 Å². The SMILES string of the molecule is CCCCCCC1CN(c2cnn3ncccc23)C(=O)O1. The van der Waals surface area contributed by atoms with E-state index < -0.39 is 0 Å². The molecule has 1 amide bonds. The van der Waals surface area contributed by atoms with E-state index in [1.807, 2.05) is 12.1 Å². The Labute approximate surface area is 123 Å². The van der Waals surface area contributed by atoms with Crippen LogP contribution in [0.1, 0.15) is 39.0 Å². The molecule has 2 aromatic heterocycles. The molecule has 1 atom stereocenters. The molecule has 2 aromatic rings. The van der Waals surface area contributed by atoms with Crippen molar-refractivity contribution in [3.63, 3.8) is 0 Å². The standard InChI is InChI=1S/C15H20N4O2/c1-2-3-4-5-7-12-11-18(15(20)21-12)14-10-17-19-13(14)8-6-9-16-19/h6,8-10,12H,2-5,7,11H2,1H3.